The number of aldehydes is 1. The fourth-order valence-electron chi connectivity index (χ4n) is 3.80. The number of rotatable bonds is 15. The summed E-state index contributed by atoms with van der Waals surface area (Å²) in [6.45, 7) is 17.0. The maximum atomic E-state index is 11.8. The van der Waals surface area contributed by atoms with Gasteiger partial charge in [0, 0.05) is 12.8 Å². The van der Waals surface area contributed by atoms with Crippen LogP contribution in [0.3, 0.4) is 0 Å². The van der Waals surface area contributed by atoms with Gasteiger partial charge in [-0.25, -0.2) is 0 Å². The molecule has 0 amide bonds. The van der Waals surface area contributed by atoms with Crippen molar-refractivity contribution in [3.05, 3.63) is 0 Å². The third-order valence-corrected chi connectivity index (χ3v) is 11.0. The smallest absolute Gasteiger partial charge is 0.306 e. The normalized spacial score (nSPS) is 14.8. The monoisotopic (exact) mass is 414 g/mol. The molecule has 0 heterocycles. The third-order valence-electron chi connectivity index (χ3n) is 5.74. The average molecular weight is 415 g/mol. The second kappa shape index (κ2) is 13.5. The van der Waals surface area contributed by atoms with E-state index in [0.717, 1.165) is 50.5 Å². The van der Waals surface area contributed by atoms with E-state index in [-0.39, 0.29) is 12.1 Å². The van der Waals surface area contributed by atoms with E-state index in [1.165, 1.54) is 0 Å². The Morgan fingerprint density at radius 1 is 1.00 bits per heavy atom. The van der Waals surface area contributed by atoms with E-state index in [9.17, 15) is 9.59 Å². The van der Waals surface area contributed by atoms with E-state index in [2.05, 4.69) is 34.6 Å². The molecule has 0 rings (SSSR count). The highest BCUT2D eigenvalue weighted by molar-refractivity contribution is 6.75. The Morgan fingerprint density at radius 2 is 1.61 bits per heavy atom. The average Bonchev–Trinajstić information content (AvgIpc) is 2.59. The van der Waals surface area contributed by atoms with E-state index in [1.54, 1.807) is 0 Å². The van der Waals surface area contributed by atoms with Gasteiger partial charge in [0.2, 0.25) is 0 Å². The summed E-state index contributed by atoms with van der Waals surface area (Å²) in [4.78, 5) is 22.9. The number of hydrogen-bond acceptors (Lipinski definition) is 4. The van der Waals surface area contributed by atoms with Gasteiger partial charge in [-0.2, -0.15) is 0 Å². The standard InChI is InChI=1S/C23H46O4Si/c1-9-28(10-2,19(3)4)27-21(17-18-24)16-15-20(5)13-11-12-14-22(25)26-23(6,7)8/h18-21H,9-17H2,1-8H3/t20-,21+/m1/s1. The van der Waals surface area contributed by atoms with Gasteiger partial charge in [0.25, 0.3) is 0 Å². The van der Waals surface area contributed by atoms with Gasteiger partial charge in [0.15, 0.2) is 8.32 Å². The predicted octanol–water partition coefficient (Wildman–Crippen LogP) is 6.67. The zero-order chi connectivity index (χ0) is 21.8. The van der Waals surface area contributed by atoms with Crippen molar-refractivity contribution in [2.45, 2.75) is 130 Å². The van der Waals surface area contributed by atoms with Crippen molar-refractivity contribution in [2.24, 2.45) is 5.92 Å². The topological polar surface area (TPSA) is 52.6 Å². The maximum Gasteiger partial charge on any atom is 0.306 e. The zero-order valence-corrected chi connectivity index (χ0v) is 20.8. The molecule has 0 N–H and O–H groups in total. The van der Waals surface area contributed by atoms with Crippen molar-refractivity contribution in [2.75, 3.05) is 0 Å². The van der Waals surface area contributed by atoms with Crippen LogP contribution in [-0.4, -0.2) is 32.3 Å². The summed E-state index contributed by atoms with van der Waals surface area (Å²) in [6, 6.07) is 2.22. The van der Waals surface area contributed by atoms with E-state index in [0.29, 0.717) is 24.3 Å². The molecule has 0 fully saturated rings. The number of hydrogen-bond donors (Lipinski definition) is 0. The van der Waals surface area contributed by atoms with Gasteiger partial charge in [-0.15, -0.1) is 0 Å². The highest BCUT2D eigenvalue weighted by Gasteiger charge is 2.37. The number of unbranched alkanes of at least 4 members (excludes halogenated alkanes) is 1. The minimum absolute atomic E-state index is 0.0654. The van der Waals surface area contributed by atoms with Crippen molar-refractivity contribution in [3.63, 3.8) is 0 Å². The van der Waals surface area contributed by atoms with Crippen molar-refractivity contribution in [3.8, 4) is 0 Å². The Bertz CT molecular complexity index is 438. The fraction of sp³-hybridized carbons (Fsp3) is 0.913. The molecule has 166 valence electrons. The molecule has 28 heavy (non-hydrogen) atoms. The highest BCUT2D eigenvalue weighted by Crippen LogP contribution is 2.33. The molecule has 0 aromatic rings. The summed E-state index contributed by atoms with van der Waals surface area (Å²) in [6.07, 6.45) is 7.12. The molecule has 0 saturated carbocycles. The van der Waals surface area contributed by atoms with Gasteiger partial charge in [-0.1, -0.05) is 47.5 Å². The quantitative estimate of drug-likeness (QED) is 0.130. The predicted molar refractivity (Wildman–Crippen MR) is 120 cm³/mol. The molecule has 0 saturated heterocycles. The number of carbonyl (C=O) groups excluding carboxylic acids is 2. The Morgan fingerprint density at radius 3 is 2.07 bits per heavy atom. The van der Waals surface area contributed by atoms with Crippen LogP contribution in [0.25, 0.3) is 0 Å². The first-order chi connectivity index (χ1) is 13.0. The molecular formula is C23H46O4Si. The van der Waals surface area contributed by atoms with E-state index < -0.39 is 13.9 Å². The van der Waals surface area contributed by atoms with E-state index in [4.69, 9.17) is 9.16 Å². The lowest BCUT2D eigenvalue weighted by molar-refractivity contribution is -0.154. The van der Waals surface area contributed by atoms with Crippen LogP contribution in [0, 0.1) is 5.92 Å². The summed E-state index contributed by atoms with van der Waals surface area (Å²) in [5.74, 6) is 0.475. The summed E-state index contributed by atoms with van der Waals surface area (Å²) in [7, 11) is -1.77. The second-order valence-electron chi connectivity index (χ2n) is 9.58. The first-order valence-electron chi connectivity index (χ1n) is 11.3. The second-order valence-corrected chi connectivity index (χ2v) is 14.5. The van der Waals surface area contributed by atoms with Crippen molar-refractivity contribution < 1.29 is 18.8 Å². The van der Waals surface area contributed by atoms with Gasteiger partial charge in [0.05, 0.1) is 6.10 Å². The lowest BCUT2D eigenvalue weighted by Crippen LogP contribution is -2.43. The van der Waals surface area contributed by atoms with Crippen molar-refractivity contribution in [1.29, 1.82) is 0 Å². The lowest BCUT2D eigenvalue weighted by atomic mass is 9.96. The SMILES string of the molecule is CC[Si](CC)(O[C@H](CC=O)CC[C@H](C)CCCCC(=O)OC(C)(C)C)C(C)C. The first kappa shape index (κ1) is 27.3. The molecule has 0 radical (unpaired) electrons. The molecule has 0 aliphatic carbocycles. The minimum atomic E-state index is -1.77. The fourth-order valence-corrected chi connectivity index (χ4v) is 7.42. The van der Waals surface area contributed by atoms with Gasteiger partial charge in [0.1, 0.15) is 11.9 Å². The van der Waals surface area contributed by atoms with Crippen LogP contribution in [0.1, 0.15) is 100 Å². The molecule has 0 bridgehead atoms. The Hall–Kier alpha value is -0.683. The van der Waals surface area contributed by atoms with Crippen molar-refractivity contribution >= 4 is 20.6 Å². The van der Waals surface area contributed by atoms with Crippen LogP contribution >= 0.6 is 0 Å². The van der Waals surface area contributed by atoms with Crippen LogP contribution in [0.4, 0.5) is 0 Å². The zero-order valence-electron chi connectivity index (χ0n) is 19.8. The molecule has 0 aliphatic rings. The molecule has 0 aliphatic heterocycles. The summed E-state index contributed by atoms with van der Waals surface area (Å²) in [5.41, 5.74) is 0.172. The Kier molecular flexibility index (Phi) is 13.2. The third kappa shape index (κ3) is 11.4. The van der Waals surface area contributed by atoms with Crippen LogP contribution < -0.4 is 0 Å². The molecule has 0 aromatic heterocycles. The van der Waals surface area contributed by atoms with Crippen LogP contribution in [0.2, 0.25) is 17.6 Å². The number of ether oxygens (including phenoxy) is 1. The van der Waals surface area contributed by atoms with Gasteiger partial charge in [-0.05, 0) is 63.6 Å². The van der Waals surface area contributed by atoms with Crippen LogP contribution in [0.15, 0.2) is 0 Å². The summed E-state index contributed by atoms with van der Waals surface area (Å²) < 4.78 is 12.0. The van der Waals surface area contributed by atoms with E-state index in [1.807, 2.05) is 20.8 Å². The minimum Gasteiger partial charge on any atom is -0.460 e. The number of esters is 1. The van der Waals surface area contributed by atoms with Gasteiger partial charge < -0.3 is 14.0 Å². The number of carbonyl (C=O) groups is 2. The Balaban J connectivity index is 4.34. The van der Waals surface area contributed by atoms with Crippen molar-refractivity contribution in [1.82, 2.24) is 0 Å². The largest absolute Gasteiger partial charge is 0.460 e. The molecule has 2 atom stereocenters. The molecule has 4 nitrogen and oxygen atoms in total. The lowest BCUT2D eigenvalue weighted by Gasteiger charge is -2.37. The van der Waals surface area contributed by atoms with Crippen LogP contribution in [-0.2, 0) is 18.8 Å². The molecule has 0 unspecified atom stereocenters. The van der Waals surface area contributed by atoms with Crippen LogP contribution in [0.5, 0.6) is 0 Å². The molecule has 0 aromatic carbocycles. The molecule has 5 heteroatoms. The summed E-state index contributed by atoms with van der Waals surface area (Å²) >= 11 is 0. The maximum absolute atomic E-state index is 11.8. The Labute approximate surface area is 175 Å². The highest BCUT2D eigenvalue weighted by atomic mass is 28.4. The molecular weight excluding hydrogens is 368 g/mol. The van der Waals surface area contributed by atoms with Gasteiger partial charge in [-0.3, -0.25) is 4.79 Å². The van der Waals surface area contributed by atoms with E-state index >= 15 is 0 Å². The first-order valence-corrected chi connectivity index (χ1v) is 13.7. The van der Waals surface area contributed by atoms with Gasteiger partial charge >= 0.3 is 5.97 Å². The summed E-state index contributed by atoms with van der Waals surface area (Å²) in [5, 5.41) is 0. The molecule has 0 spiro atoms.